The SMILES string of the molecule is CCNC(=O)C1(F)CCCC1. The molecule has 0 atom stereocenters. The highest BCUT2D eigenvalue weighted by Gasteiger charge is 2.40. The maximum atomic E-state index is 13.5. The van der Waals surface area contributed by atoms with E-state index >= 15 is 0 Å². The van der Waals surface area contributed by atoms with Gasteiger partial charge in [-0.2, -0.15) is 0 Å². The number of alkyl halides is 1. The number of nitrogens with one attached hydrogen (secondary N) is 1. The van der Waals surface area contributed by atoms with Crippen molar-refractivity contribution in [1.82, 2.24) is 5.32 Å². The molecule has 0 aromatic carbocycles. The quantitative estimate of drug-likeness (QED) is 0.648. The molecule has 0 aromatic heterocycles. The van der Waals surface area contributed by atoms with Gasteiger partial charge in [-0.05, 0) is 32.6 Å². The molecule has 1 saturated carbocycles. The zero-order valence-electron chi connectivity index (χ0n) is 6.82. The van der Waals surface area contributed by atoms with Crippen LogP contribution in [0.1, 0.15) is 32.6 Å². The van der Waals surface area contributed by atoms with Gasteiger partial charge in [-0.1, -0.05) is 0 Å². The van der Waals surface area contributed by atoms with Crippen molar-refractivity contribution in [2.24, 2.45) is 0 Å². The molecule has 2 nitrogen and oxygen atoms in total. The average Bonchev–Trinajstić information content (AvgIpc) is 2.38. The predicted octanol–water partition coefficient (Wildman–Crippen LogP) is 1.40. The van der Waals surface area contributed by atoms with Crippen LogP contribution in [0, 0.1) is 0 Å². The Balaban J connectivity index is 2.49. The highest BCUT2D eigenvalue weighted by Crippen LogP contribution is 2.33. The fourth-order valence-electron chi connectivity index (χ4n) is 1.48. The summed E-state index contributed by atoms with van der Waals surface area (Å²) in [6.45, 7) is 2.32. The van der Waals surface area contributed by atoms with Gasteiger partial charge in [-0.3, -0.25) is 4.79 Å². The lowest BCUT2D eigenvalue weighted by atomic mass is 10.0. The van der Waals surface area contributed by atoms with Gasteiger partial charge in [0.05, 0.1) is 0 Å². The number of hydrogen-bond donors (Lipinski definition) is 1. The molecule has 0 aromatic rings. The lowest BCUT2D eigenvalue weighted by molar-refractivity contribution is -0.132. The maximum Gasteiger partial charge on any atom is 0.257 e. The molecule has 1 rings (SSSR count). The monoisotopic (exact) mass is 159 g/mol. The molecular weight excluding hydrogens is 145 g/mol. The van der Waals surface area contributed by atoms with Crippen molar-refractivity contribution in [3.05, 3.63) is 0 Å². The third-order valence-electron chi connectivity index (χ3n) is 2.14. The van der Waals surface area contributed by atoms with E-state index in [4.69, 9.17) is 0 Å². The zero-order valence-corrected chi connectivity index (χ0v) is 6.82. The third kappa shape index (κ3) is 1.70. The Labute approximate surface area is 66.2 Å². The van der Waals surface area contributed by atoms with E-state index in [1.807, 2.05) is 0 Å². The van der Waals surface area contributed by atoms with Crippen LogP contribution in [0.5, 0.6) is 0 Å². The Bertz CT molecular complexity index is 152. The number of amides is 1. The van der Waals surface area contributed by atoms with Crippen LogP contribution < -0.4 is 5.32 Å². The maximum absolute atomic E-state index is 13.5. The van der Waals surface area contributed by atoms with Crippen molar-refractivity contribution >= 4 is 5.91 Å². The summed E-state index contributed by atoms with van der Waals surface area (Å²) in [6.07, 6.45) is 2.49. The van der Waals surface area contributed by atoms with Crippen LogP contribution in [0.25, 0.3) is 0 Å². The topological polar surface area (TPSA) is 29.1 Å². The molecule has 0 aliphatic heterocycles. The van der Waals surface area contributed by atoms with E-state index < -0.39 is 11.6 Å². The van der Waals surface area contributed by atoms with Crippen molar-refractivity contribution in [2.75, 3.05) is 6.54 Å². The van der Waals surface area contributed by atoms with Crippen LogP contribution in [0.3, 0.4) is 0 Å². The van der Waals surface area contributed by atoms with E-state index in [0.29, 0.717) is 19.4 Å². The molecule has 0 bridgehead atoms. The standard InChI is InChI=1S/C8H14FNO/c1-2-10-7(11)8(9)5-3-4-6-8/h2-6H2,1H3,(H,10,11). The van der Waals surface area contributed by atoms with Crippen molar-refractivity contribution in [2.45, 2.75) is 38.3 Å². The minimum Gasteiger partial charge on any atom is -0.354 e. The molecule has 1 amide bonds. The summed E-state index contributed by atoms with van der Waals surface area (Å²) in [4.78, 5) is 11.1. The summed E-state index contributed by atoms with van der Waals surface area (Å²) in [5, 5.41) is 2.51. The molecule has 1 aliphatic carbocycles. The summed E-state index contributed by atoms with van der Waals surface area (Å²) in [6, 6.07) is 0. The van der Waals surface area contributed by atoms with Gasteiger partial charge < -0.3 is 5.32 Å². The Morgan fingerprint density at radius 3 is 2.55 bits per heavy atom. The summed E-state index contributed by atoms with van der Waals surface area (Å²) >= 11 is 0. The van der Waals surface area contributed by atoms with Crippen LogP contribution in [0.15, 0.2) is 0 Å². The molecule has 11 heavy (non-hydrogen) atoms. The molecule has 1 fully saturated rings. The van der Waals surface area contributed by atoms with Crippen LogP contribution in [-0.4, -0.2) is 18.1 Å². The molecule has 3 heteroatoms. The first-order valence-corrected chi connectivity index (χ1v) is 4.16. The van der Waals surface area contributed by atoms with E-state index in [0.717, 1.165) is 12.8 Å². The number of halogens is 1. The van der Waals surface area contributed by atoms with E-state index in [-0.39, 0.29) is 0 Å². The van der Waals surface area contributed by atoms with Gasteiger partial charge in [0.1, 0.15) is 0 Å². The van der Waals surface area contributed by atoms with E-state index in [1.165, 1.54) is 0 Å². The fourth-order valence-corrected chi connectivity index (χ4v) is 1.48. The minimum atomic E-state index is -1.55. The summed E-state index contributed by atoms with van der Waals surface area (Å²) in [7, 11) is 0. The first-order chi connectivity index (χ1) is 5.19. The van der Waals surface area contributed by atoms with Gasteiger partial charge in [-0.15, -0.1) is 0 Å². The minimum absolute atomic E-state index is 0.402. The molecule has 1 aliphatic rings. The van der Waals surface area contributed by atoms with Gasteiger partial charge in [0.2, 0.25) is 0 Å². The second-order valence-corrected chi connectivity index (χ2v) is 3.03. The number of hydrogen-bond acceptors (Lipinski definition) is 1. The van der Waals surface area contributed by atoms with E-state index in [2.05, 4.69) is 5.32 Å². The smallest absolute Gasteiger partial charge is 0.257 e. The normalized spacial score (nSPS) is 21.6. The Kier molecular flexibility index (Phi) is 2.47. The van der Waals surface area contributed by atoms with Gasteiger partial charge >= 0.3 is 0 Å². The molecule has 0 saturated heterocycles. The molecule has 0 heterocycles. The van der Waals surface area contributed by atoms with Crippen molar-refractivity contribution in [1.29, 1.82) is 0 Å². The Hall–Kier alpha value is -0.600. The highest BCUT2D eigenvalue weighted by molar-refractivity contribution is 5.85. The van der Waals surface area contributed by atoms with Gasteiger partial charge in [-0.25, -0.2) is 4.39 Å². The average molecular weight is 159 g/mol. The molecule has 0 unspecified atom stereocenters. The zero-order chi connectivity index (χ0) is 8.32. The number of carbonyl (C=O) groups is 1. The highest BCUT2D eigenvalue weighted by atomic mass is 19.1. The van der Waals surface area contributed by atoms with E-state index in [9.17, 15) is 9.18 Å². The third-order valence-corrected chi connectivity index (χ3v) is 2.14. The Morgan fingerprint density at radius 1 is 1.55 bits per heavy atom. The van der Waals surface area contributed by atoms with Gasteiger partial charge in [0.15, 0.2) is 5.67 Å². The van der Waals surface area contributed by atoms with Crippen LogP contribution in [0.4, 0.5) is 4.39 Å². The summed E-state index contributed by atoms with van der Waals surface area (Å²) in [5.74, 6) is -0.419. The molecule has 64 valence electrons. The second kappa shape index (κ2) is 3.20. The molecule has 1 N–H and O–H groups in total. The van der Waals surface area contributed by atoms with Gasteiger partial charge in [0, 0.05) is 6.54 Å². The van der Waals surface area contributed by atoms with Crippen LogP contribution >= 0.6 is 0 Å². The summed E-state index contributed by atoms with van der Waals surface area (Å²) < 4.78 is 13.5. The molecular formula is C8H14FNO. The van der Waals surface area contributed by atoms with Crippen molar-refractivity contribution in [3.63, 3.8) is 0 Å². The predicted molar refractivity (Wildman–Crippen MR) is 41.0 cm³/mol. The fraction of sp³-hybridized carbons (Fsp3) is 0.875. The first-order valence-electron chi connectivity index (χ1n) is 4.16. The van der Waals surface area contributed by atoms with E-state index in [1.54, 1.807) is 6.92 Å². The van der Waals surface area contributed by atoms with Crippen molar-refractivity contribution < 1.29 is 9.18 Å². The summed E-state index contributed by atoms with van der Waals surface area (Å²) in [5.41, 5.74) is -1.55. The van der Waals surface area contributed by atoms with Crippen molar-refractivity contribution in [3.8, 4) is 0 Å². The lowest BCUT2D eigenvalue weighted by Gasteiger charge is -2.16. The number of rotatable bonds is 2. The number of carbonyl (C=O) groups excluding carboxylic acids is 1. The Morgan fingerprint density at radius 2 is 2.09 bits per heavy atom. The molecule has 0 radical (unpaired) electrons. The molecule has 0 spiro atoms. The van der Waals surface area contributed by atoms with Crippen LogP contribution in [0.2, 0.25) is 0 Å². The van der Waals surface area contributed by atoms with Gasteiger partial charge in [0.25, 0.3) is 5.91 Å². The van der Waals surface area contributed by atoms with Crippen LogP contribution in [-0.2, 0) is 4.79 Å². The second-order valence-electron chi connectivity index (χ2n) is 3.03. The lowest BCUT2D eigenvalue weighted by Crippen LogP contribution is -2.41. The first kappa shape index (κ1) is 8.50. The largest absolute Gasteiger partial charge is 0.354 e.